The van der Waals surface area contributed by atoms with E-state index >= 15 is 0 Å². The molecule has 0 amide bonds. The van der Waals surface area contributed by atoms with Crippen LogP contribution >= 0.6 is 0 Å². The van der Waals surface area contributed by atoms with Crippen molar-refractivity contribution in [1.82, 2.24) is 0 Å². The highest BCUT2D eigenvalue weighted by Gasteiger charge is 1.94. The van der Waals surface area contributed by atoms with Crippen LogP contribution in [0.2, 0.25) is 0 Å². The van der Waals surface area contributed by atoms with E-state index in [1.165, 1.54) is 103 Å². The molecule has 2 heteroatoms. The predicted octanol–water partition coefficient (Wildman–Crippen LogP) is 6.82. The van der Waals surface area contributed by atoms with Gasteiger partial charge in [-0.05, 0) is 18.3 Å². The van der Waals surface area contributed by atoms with Crippen LogP contribution in [-0.2, 0) is 9.53 Å². The molecule has 0 saturated carbocycles. The molecular formula is C24H40O2. The Bertz CT molecular complexity index is 431. The molecule has 0 unspecified atom stereocenters. The first-order valence-corrected chi connectivity index (χ1v) is 10.9. The first kappa shape index (κ1) is 24.6. The van der Waals surface area contributed by atoms with E-state index in [0.29, 0.717) is 0 Å². The average Bonchev–Trinajstić information content (AvgIpc) is 2.66. The number of unbranched alkanes of at least 4 members (excludes halogenated alkanes) is 16. The van der Waals surface area contributed by atoms with Crippen LogP contribution in [-0.4, -0.2) is 13.1 Å². The number of methoxy groups -OCH3 is 1. The van der Waals surface area contributed by atoms with E-state index in [4.69, 9.17) is 0 Å². The van der Waals surface area contributed by atoms with Crippen molar-refractivity contribution >= 4 is 5.97 Å². The van der Waals surface area contributed by atoms with E-state index < -0.39 is 5.97 Å². The molecule has 0 spiro atoms. The highest BCUT2D eigenvalue weighted by atomic mass is 16.5. The predicted molar refractivity (Wildman–Crippen MR) is 112 cm³/mol. The Morgan fingerprint density at radius 3 is 1.50 bits per heavy atom. The molecule has 0 fully saturated rings. The molecular weight excluding hydrogens is 320 g/mol. The Morgan fingerprint density at radius 1 is 0.654 bits per heavy atom. The van der Waals surface area contributed by atoms with Gasteiger partial charge < -0.3 is 4.74 Å². The maximum Gasteiger partial charge on any atom is 0.385 e. The van der Waals surface area contributed by atoms with Crippen LogP contribution in [0, 0.1) is 23.7 Å². The first-order valence-electron chi connectivity index (χ1n) is 10.9. The number of ether oxygens (including phenoxy) is 1. The zero-order valence-electron chi connectivity index (χ0n) is 17.3. The highest BCUT2D eigenvalue weighted by Crippen LogP contribution is 2.13. The van der Waals surface area contributed by atoms with E-state index in [-0.39, 0.29) is 0 Å². The van der Waals surface area contributed by atoms with Gasteiger partial charge in [-0.3, -0.25) is 0 Å². The molecule has 0 saturated heterocycles. The van der Waals surface area contributed by atoms with Gasteiger partial charge in [0.25, 0.3) is 0 Å². The lowest BCUT2D eigenvalue weighted by atomic mass is 10.0. The van der Waals surface area contributed by atoms with Gasteiger partial charge in [0.15, 0.2) is 0 Å². The molecule has 0 aliphatic rings. The lowest BCUT2D eigenvalue weighted by Crippen LogP contribution is -1.93. The minimum absolute atomic E-state index is 0.526. The van der Waals surface area contributed by atoms with E-state index in [9.17, 15) is 4.79 Å². The van der Waals surface area contributed by atoms with Gasteiger partial charge in [-0.15, -0.1) is 0 Å². The smallest absolute Gasteiger partial charge is 0.385 e. The number of hydrogen-bond acceptors (Lipinski definition) is 2. The molecule has 0 N–H and O–H groups in total. The van der Waals surface area contributed by atoms with Crippen LogP contribution < -0.4 is 0 Å². The summed E-state index contributed by atoms with van der Waals surface area (Å²) < 4.78 is 4.41. The lowest BCUT2D eigenvalue weighted by Gasteiger charge is -2.03. The van der Waals surface area contributed by atoms with Crippen LogP contribution in [0.15, 0.2) is 0 Å². The van der Waals surface area contributed by atoms with E-state index in [2.05, 4.69) is 35.3 Å². The molecule has 0 bridgehead atoms. The van der Waals surface area contributed by atoms with Crippen molar-refractivity contribution in [1.29, 1.82) is 0 Å². The molecule has 0 radical (unpaired) electrons. The second-order valence-corrected chi connectivity index (χ2v) is 7.10. The fraction of sp³-hybridized carbons (Fsp3) is 0.792. The van der Waals surface area contributed by atoms with Gasteiger partial charge in [-0.1, -0.05) is 109 Å². The zero-order valence-corrected chi connectivity index (χ0v) is 17.3. The molecule has 0 atom stereocenters. The minimum atomic E-state index is -0.526. The van der Waals surface area contributed by atoms with Gasteiger partial charge in [0.05, 0.1) is 7.11 Å². The van der Waals surface area contributed by atoms with Crippen molar-refractivity contribution in [3.8, 4) is 23.7 Å². The summed E-state index contributed by atoms with van der Waals surface area (Å²) in [6.45, 7) is 2.28. The molecule has 0 aromatic heterocycles. The molecule has 0 rings (SSSR count). The number of rotatable bonds is 16. The number of hydrogen-bond donors (Lipinski definition) is 0. The van der Waals surface area contributed by atoms with E-state index in [0.717, 1.165) is 12.8 Å². The normalized spacial score (nSPS) is 9.77. The third-order valence-electron chi connectivity index (χ3n) is 4.66. The summed E-state index contributed by atoms with van der Waals surface area (Å²) >= 11 is 0. The average molecular weight is 361 g/mol. The minimum Gasteiger partial charge on any atom is -0.459 e. The van der Waals surface area contributed by atoms with E-state index in [1.54, 1.807) is 0 Å². The third-order valence-corrected chi connectivity index (χ3v) is 4.66. The second kappa shape index (κ2) is 21.6. The van der Waals surface area contributed by atoms with Crippen molar-refractivity contribution in [3.63, 3.8) is 0 Å². The van der Waals surface area contributed by atoms with Gasteiger partial charge in [0, 0.05) is 12.3 Å². The third kappa shape index (κ3) is 20.6. The summed E-state index contributed by atoms with van der Waals surface area (Å²) in [5.74, 6) is 9.96. The molecule has 0 aliphatic heterocycles. The molecule has 0 heterocycles. The number of esters is 1. The summed E-state index contributed by atoms with van der Waals surface area (Å²) in [6, 6.07) is 0. The second-order valence-electron chi connectivity index (χ2n) is 7.10. The van der Waals surface area contributed by atoms with Crippen molar-refractivity contribution in [2.45, 2.75) is 116 Å². The van der Waals surface area contributed by atoms with Crippen LogP contribution in [0.3, 0.4) is 0 Å². The van der Waals surface area contributed by atoms with Gasteiger partial charge >= 0.3 is 5.97 Å². The summed E-state index contributed by atoms with van der Waals surface area (Å²) in [5, 5.41) is 0. The molecule has 0 aromatic carbocycles. The highest BCUT2D eigenvalue weighted by molar-refractivity contribution is 5.88. The van der Waals surface area contributed by atoms with Crippen LogP contribution in [0.25, 0.3) is 0 Å². The molecule has 0 aliphatic carbocycles. The zero-order chi connectivity index (χ0) is 19.1. The van der Waals surface area contributed by atoms with E-state index in [1.807, 2.05) is 0 Å². The molecule has 26 heavy (non-hydrogen) atoms. The maximum absolute atomic E-state index is 10.7. The Labute approximate surface area is 162 Å². The monoisotopic (exact) mass is 360 g/mol. The SMILES string of the molecule is CCCCCCCCCCCCCCCCCCC#CC#CC(=O)OC. The summed E-state index contributed by atoms with van der Waals surface area (Å²) in [5.41, 5.74) is 0. The van der Waals surface area contributed by atoms with Crippen molar-refractivity contribution in [2.24, 2.45) is 0 Å². The van der Waals surface area contributed by atoms with Crippen LogP contribution in [0.4, 0.5) is 0 Å². The largest absolute Gasteiger partial charge is 0.459 e. The quantitative estimate of drug-likeness (QED) is 0.131. The first-order chi connectivity index (χ1) is 12.8. The maximum atomic E-state index is 10.7. The van der Waals surface area contributed by atoms with Gasteiger partial charge in [-0.25, -0.2) is 4.79 Å². The standard InChI is InChI=1S/C24H40O2/c1-3-4-5-6-7-8-9-10-11-12-13-14-15-16-17-18-19-20-21-22-23-24(25)26-2/h3-19H2,1-2H3. The van der Waals surface area contributed by atoms with Gasteiger partial charge in [0.1, 0.15) is 0 Å². The summed E-state index contributed by atoms with van der Waals surface area (Å²) in [6.07, 6.45) is 23.0. The van der Waals surface area contributed by atoms with Crippen molar-refractivity contribution in [2.75, 3.05) is 7.11 Å². The number of carbonyl (C=O) groups excluding carboxylic acids is 1. The molecule has 2 nitrogen and oxygen atoms in total. The molecule has 148 valence electrons. The topological polar surface area (TPSA) is 26.3 Å². The number of carbonyl (C=O) groups is 1. The van der Waals surface area contributed by atoms with Gasteiger partial charge in [-0.2, -0.15) is 0 Å². The Balaban J connectivity index is 3.17. The van der Waals surface area contributed by atoms with Crippen molar-refractivity contribution < 1.29 is 9.53 Å². The Morgan fingerprint density at radius 2 is 1.08 bits per heavy atom. The van der Waals surface area contributed by atoms with Crippen LogP contribution in [0.1, 0.15) is 116 Å². The fourth-order valence-electron chi connectivity index (χ4n) is 3.00. The fourth-order valence-corrected chi connectivity index (χ4v) is 3.00. The Kier molecular flexibility index (Phi) is 20.5. The van der Waals surface area contributed by atoms with Gasteiger partial charge in [0.2, 0.25) is 0 Å². The summed E-state index contributed by atoms with van der Waals surface area (Å²) in [4.78, 5) is 10.7. The van der Waals surface area contributed by atoms with Crippen molar-refractivity contribution in [3.05, 3.63) is 0 Å². The Hall–Kier alpha value is -1.41. The van der Waals surface area contributed by atoms with Crippen LogP contribution in [0.5, 0.6) is 0 Å². The molecule has 0 aromatic rings. The lowest BCUT2D eigenvalue weighted by molar-refractivity contribution is -0.133. The summed E-state index contributed by atoms with van der Waals surface area (Å²) in [7, 11) is 1.32.